The lowest BCUT2D eigenvalue weighted by molar-refractivity contribution is -0.948. The van der Waals surface area contributed by atoms with E-state index in [1.165, 1.54) is 29.5 Å². The summed E-state index contributed by atoms with van der Waals surface area (Å²) in [6.07, 6.45) is 1.97. The van der Waals surface area contributed by atoms with E-state index in [0.717, 1.165) is 42.3 Å². The van der Waals surface area contributed by atoms with Crippen LogP contribution in [0.5, 0.6) is 5.75 Å². The predicted octanol–water partition coefficient (Wildman–Crippen LogP) is 3.49. The van der Waals surface area contributed by atoms with Crippen LogP contribution in [0.25, 0.3) is 0 Å². The van der Waals surface area contributed by atoms with Crippen LogP contribution >= 0.6 is 0 Å². The highest BCUT2D eigenvalue weighted by atomic mass is 35.5. The summed E-state index contributed by atoms with van der Waals surface area (Å²) < 4.78 is 13.0. The van der Waals surface area contributed by atoms with Gasteiger partial charge in [-0.05, 0) is 46.8 Å². The minimum atomic E-state index is -0.474. The number of aliphatic hydroxyl groups excluding tert-OH is 1. The first-order valence-electron chi connectivity index (χ1n) is 13.8. The molecule has 37 heavy (non-hydrogen) atoms. The van der Waals surface area contributed by atoms with Gasteiger partial charge >= 0.3 is 0 Å². The molecule has 1 aliphatic rings. The third kappa shape index (κ3) is 9.58. The Morgan fingerprint density at radius 1 is 0.919 bits per heavy atom. The third-order valence-corrected chi connectivity index (χ3v) is 7.60. The van der Waals surface area contributed by atoms with Crippen LogP contribution in [0.15, 0.2) is 48.5 Å². The van der Waals surface area contributed by atoms with E-state index in [9.17, 15) is 5.11 Å². The first-order chi connectivity index (χ1) is 16.9. The van der Waals surface area contributed by atoms with Gasteiger partial charge in [0.15, 0.2) is 0 Å². The van der Waals surface area contributed by atoms with Crippen molar-refractivity contribution in [1.29, 1.82) is 0 Å². The molecule has 1 heterocycles. The van der Waals surface area contributed by atoms with E-state index in [0.29, 0.717) is 19.8 Å². The predicted molar refractivity (Wildman–Crippen MR) is 150 cm³/mol. The summed E-state index contributed by atoms with van der Waals surface area (Å²) in [6.45, 7) is 21.0. The lowest BCUT2D eigenvalue weighted by Gasteiger charge is -2.44. The third-order valence-electron chi connectivity index (χ3n) is 7.60. The zero-order chi connectivity index (χ0) is 26.4. The van der Waals surface area contributed by atoms with Crippen molar-refractivity contribution in [2.24, 2.45) is 5.92 Å². The Kier molecular flexibility index (Phi) is 11.5. The average Bonchev–Trinajstić information content (AvgIpc) is 2.80. The number of nitrogens with zero attached hydrogens (tertiary/aromatic N) is 1. The summed E-state index contributed by atoms with van der Waals surface area (Å²) in [7, 11) is 0. The SMILES string of the molecule is CC1CC[N+](Cc2ccccc2)(CC(O)COCCOc2ccc(C(C)(C)C)cc2C(C)(C)C)CC1.[Cl-]. The van der Waals surface area contributed by atoms with Gasteiger partial charge in [0.1, 0.15) is 31.5 Å². The number of hydrogen-bond donors (Lipinski definition) is 1. The van der Waals surface area contributed by atoms with Gasteiger partial charge in [-0.1, -0.05) is 90.9 Å². The fraction of sp³-hybridized carbons (Fsp3) is 0.625. The Labute approximate surface area is 232 Å². The molecule has 0 bridgehead atoms. The van der Waals surface area contributed by atoms with E-state index in [-0.39, 0.29) is 23.2 Å². The fourth-order valence-electron chi connectivity index (χ4n) is 5.26. The molecule has 1 saturated heterocycles. The number of hydrogen-bond acceptors (Lipinski definition) is 3. The molecule has 3 rings (SSSR count). The standard InChI is InChI=1S/C32H50NO3.ClH/c1-25-15-17-33(18-16-25,22-26-11-9-8-10-12-26)23-28(34)24-35-19-20-36-30-14-13-27(31(2,3)4)21-29(30)32(5,6)7;/h8-14,21,25,28,34H,15-20,22-24H2,1-7H3;1H/q+1;/p-1. The minimum absolute atomic E-state index is 0. The number of likely N-dealkylation sites (tertiary alicyclic amines) is 1. The van der Waals surface area contributed by atoms with E-state index in [1.54, 1.807) is 0 Å². The number of quaternary nitrogens is 1. The van der Waals surface area contributed by atoms with Crippen LogP contribution < -0.4 is 17.1 Å². The molecule has 1 unspecified atom stereocenters. The lowest BCUT2D eigenvalue weighted by atomic mass is 9.80. The maximum absolute atomic E-state index is 10.9. The van der Waals surface area contributed by atoms with E-state index in [1.807, 2.05) is 0 Å². The largest absolute Gasteiger partial charge is 1.00 e. The molecule has 1 N–H and O–H groups in total. The Balaban J connectivity index is 0.00000481. The summed E-state index contributed by atoms with van der Waals surface area (Å²) in [6, 6.07) is 17.3. The Hall–Kier alpha value is -1.59. The van der Waals surface area contributed by atoms with Crippen LogP contribution in [0.3, 0.4) is 0 Å². The summed E-state index contributed by atoms with van der Waals surface area (Å²) in [5, 5.41) is 10.9. The van der Waals surface area contributed by atoms with Crippen molar-refractivity contribution in [3.8, 4) is 5.75 Å². The van der Waals surface area contributed by atoms with Gasteiger partial charge in [-0.25, -0.2) is 0 Å². The van der Waals surface area contributed by atoms with Crippen molar-refractivity contribution in [1.82, 2.24) is 0 Å². The number of aliphatic hydroxyl groups is 1. The molecule has 0 spiro atoms. The highest BCUT2D eigenvalue weighted by Crippen LogP contribution is 2.35. The Bertz CT molecular complexity index is 941. The molecule has 1 aliphatic heterocycles. The van der Waals surface area contributed by atoms with Gasteiger partial charge in [0, 0.05) is 5.56 Å². The second-order valence-electron chi connectivity index (χ2n) is 13.1. The highest BCUT2D eigenvalue weighted by Gasteiger charge is 2.35. The van der Waals surface area contributed by atoms with Crippen molar-refractivity contribution in [2.75, 3.05) is 39.5 Å². The zero-order valence-electron chi connectivity index (χ0n) is 24.2. The van der Waals surface area contributed by atoms with Gasteiger partial charge in [0.25, 0.3) is 0 Å². The molecule has 2 aromatic carbocycles. The normalized spacial score (nSPS) is 21.2. The molecule has 0 aromatic heterocycles. The molecule has 0 saturated carbocycles. The summed E-state index contributed by atoms with van der Waals surface area (Å²) in [5.74, 6) is 1.70. The monoisotopic (exact) mass is 531 g/mol. The van der Waals surface area contributed by atoms with Gasteiger partial charge in [0.05, 0.1) is 26.3 Å². The number of piperidine rings is 1. The van der Waals surface area contributed by atoms with E-state index >= 15 is 0 Å². The van der Waals surface area contributed by atoms with Gasteiger partial charge < -0.3 is 31.5 Å². The van der Waals surface area contributed by atoms with Crippen molar-refractivity contribution >= 4 is 0 Å². The minimum Gasteiger partial charge on any atom is -1.00 e. The smallest absolute Gasteiger partial charge is 0.126 e. The van der Waals surface area contributed by atoms with Gasteiger partial charge in [-0.15, -0.1) is 0 Å². The molecule has 4 nitrogen and oxygen atoms in total. The van der Waals surface area contributed by atoms with Crippen LogP contribution in [0.2, 0.25) is 0 Å². The first kappa shape index (κ1) is 31.6. The highest BCUT2D eigenvalue weighted by molar-refractivity contribution is 5.43. The number of ether oxygens (including phenoxy) is 2. The van der Waals surface area contributed by atoms with E-state index in [4.69, 9.17) is 9.47 Å². The summed E-state index contributed by atoms with van der Waals surface area (Å²) >= 11 is 0. The summed E-state index contributed by atoms with van der Waals surface area (Å²) in [5.41, 5.74) is 3.99. The maximum atomic E-state index is 10.9. The number of halogens is 1. The molecule has 2 aromatic rings. The van der Waals surface area contributed by atoms with Gasteiger partial charge in [0.2, 0.25) is 0 Å². The van der Waals surface area contributed by atoms with Crippen molar-refractivity contribution in [2.45, 2.75) is 84.8 Å². The van der Waals surface area contributed by atoms with Crippen molar-refractivity contribution in [3.63, 3.8) is 0 Å². The second kappa shape index (κ2) is 13.5. The molecular weight excluding hydrogens is 482 g/mol. The van der Waals surface area contributed by atoms with Crippen LogP contribution in [0, 0.1) is 5.92 Å². The van der Waals surface area contributed by atoms with E-state index in [2.05, 4.69) is 97.0 Å². The fourth-order valence-corrected chi connectivity index (χ4v) is 5.26. The van der Waals surface area contributed by atoms with Gasteiger partial charge in [-0.3, -0.25) is 0 Å². The molecular formula is C32H50ClNO3. The molecule has 1 atom stereocenters. The molecule has 0 amide bonds. The number of benzene rings is 2. The molecule has 1 fully saturated rings. The molecule has 0 radical (unpaired) electrons. The molecule has 208 valence electrons. The first-order valence-corrected chi connectivity index (χ1v) is 13.8. The Morgan fingerprint density at radius 2 is 1.57 bits per heavy atom. The van der Waals surface area contributed by atoms with Crippen LogP contribution in [-0.2, 0) is 22.1 Å². The molecule has 5 heteroatoms. The molecule has 0 aliphatic carbocycles. The summed E-state index contributed by atoms with van der Waals surface area (Å²) in [4.78, 5) is 0. The number of rotatable bonds is 10. The lowest BCUT2D eigenvalue weighted by Crippen LogP contribution is -3.00. The van der Waals surface area contributed by atoms with E-state index < -0.39 is 6.10 Å². The van der Waals surface area contributed by atoms with Crippen molar-refractivity contribution < 1.29 is 31.5 Å². The second-order valence-corrected chi connectivity index (χ2v) is 13.1. The quantitative estimate of drug-likeness (QED) is 0.377. The zero-order valence-corrected chi connectivity index (χ0v) is 25.0. The average molecular weight is 532 g/mol. The Morgan fingerprint density at radius 3 is 2.16 bits per heavy atom. The van der Waals surface area contributed by atoms with Crippen LogP contribution in [0.4, 0.5) is 0 Å². The topological polar surface area (TPSA) is 38.7 Å². The van der Waals surface area contributed by atoms with Gasteiger partial charge in [-0.2, -0.15) is 0 Å². The van der Waals surface area contributed by atoms with Crippen molar-refractivity contribution in [3.05, 3.63) is 65.2 Å². The van der Waals surface area contributed by atoms with Crippen LogP contribution in [0.1, 0.15) is 78.0 Å². The van der Waals surface area contributed by atoms with Crippen LogP contribution in [-0.4, -0.2) is 55.1 Å². The maximum Gasteiger partial charge on any atom is 0.126 e.